The number of hydrogen-bond donors (Lipinski definition) is 2. The van der Waals surface area contributed by atoms with Crippen molar-refractivity contribution < 1.29 is 0 Å². The number of aryl methyl sites for hydroxylation is 1. The number of nitrogens with zero attached hydrogens (tertiary/aromatic N) is 3. The Bertz CT molecular complexity index is 806. The lowest BCUT2D eigenvalue weighted by atomic mass is 10.0. The van der Waals surface area contributed by atoms with E-state index in [9.17, 15) is 0 Å². The fourth-order valence-corrected chi connectivity index (χ4v) is 4.30. The lowest BCUT2D eigenvalue weighted by molar-refractivity contribution is 0.198. The molecule has 0 aliphatic carbocycles. The third-order valence-corrected chi connectivity index (χ3v) is 6.34. The number of aromatic nitrogens is 1. The molecule has 2 N–H and O–H groups in total. The van der Waals surface area contributed by atoms with E-state index >= 15 is 0 Å². The van der Waals surface area contributed by atoms with Crippen LogP contribution in [0.5, 0.6) is 0 Å². The van der Waals surface area contributed by atoms with Crippen LogP contribution >= 0.6 is 58.5 Å². The molecule has 0 amide bonds. The van der Waals surface area contributed by atoms with Crippen molar-refractivity contribution in [2.24, 2.45) is 4.99 Å². The van der Waals surface area contributed by atoms with Gasteiger partial charge in [-0.15, -0.1) is 35.3 Å². The standard InChI is InChI=1S/C20H27Cl2N5S.HI/c1-3-23-20(25-12-19-24-11-14(2)28-19)26-16-6-8-27(9-7-16)13-15-4-5-17(21)18(22)10-15;/h4-5,10-11,16H,3,6-9,12-13H2,1-2H3,(H2,23,25,26);1H. The topological polar surface area (TPSA) is 52.6 Å². The van der Waals surface area contributed by atoms with Gasteiger partial charge in [0.15, 0.2) is 5.96 Å². The molecule has 0 saturated carbocycles. The van der Waals surface area contributed by atoms with E-state index in [1.807, 2.05) is 18.3 Å². The number of aliphatic imine (C=N–C) groups is 1. The molecule has 0 spiro atoms. The molecule has 0 unspecified atom stereocenters. The smallest absolute Gasteiger partial charge is 0.191 e. The van der Waals surface area contributed by atoms with Crippen molar-refractivity contribution in [3.05, 3.63) is 49.9 Å². The van der Waals surface area contributed by atoms with Crippen molar-refractivity contribution in [1.29, 1.82) is 0 Å². The molecule has 9 heteroatoms. The van der Waals surface area contributed by atoms with Gasteiger partial charge in [0.25, 0.3) is 0 Å². The van der Waals surface area contributed by atoms with E-state index in [1.54, 1.807) is 11.3 Å². The number of halogens is 3. The van der Waals surface area contributed by atoms with Gasteiger partial charge in [-0.25, -0.2) is 9.98 Å². The average molecular weight is 568 g/mol. The number of piperidine rings is 1. The first-order valence-corrected chi connectivity index (χ1v) is 11.2. The molecular weight excluding hydrogens is 540 g/mol. The first-order valence-electron chi connectivity index (χ1n) is 9.66. The lowest BCUT2D eigenvalue weighted by Crippen LogP contribution is -2.48. The quantitative estimate of drug-likeness (QED) is 0.290. The molecule has 2 aromatic rings. The highest BCUT2D eigenvalue weighted by atomic mass is 127. The fourth-order valence-electron chi connectivity index (χ4n) is 3.27. The Morgan fingerprint density at radius 3 is 2.66 bits per heavy atom. The van der Waals surface area contributed by atoms with Gasteiger partial charge in [-0.05, 0) is 44.4 Å². The molecule has 0 bridgehead atoms. The average Bonchev–Trinajstić information content (AvgIpc) is 3.10. The van der Waals surface area contributed by atoms with E-state index in [2.05, 4.69) is 40.4 Å². The van der Waals surface area contributed by atoms with E-state index in [4.69, 9.17) is 28.2 Å². The summed E-state index contributed by atoms with van der Waals surface area (Å²) in [5.41, 5.74) is 1.20. The maximum Gasteiger partial charge on any atom is 0.191 e. The molecule has 29 heavy (non-hydrogen) atoms. The van der Waals surface area contributed by atoms with E-state index in [1.165, 1.54) is 10.4 Å². The highest BCUT2D eigenvalue weighted by Crippen LogP contribution is 2.24. The molecule has 1 saturated heterocycles. The maximum atomic E-state index is 6.13. The molecule has 1 aliphatic heterocycles. The summed E-state index contributed by atoms with van der Waals surface area (Å²) < 4.78 is 0. The first-order chi connectivity index (χ1) is 13.5. The summed E-state index contributed by atoms with van der Waals surface area (Å²) in [5.74, 6) is 0.873. The zero-order chi connectivity index (χ0) is 19.9. The van der Waals surface area contributed by atoms with Gasteiger partial charge in [-0.1, -0.05) is 29.3 Å². The monoisotopic (exact) mass is 567 g/mol. The van der Waals surface area contributed by atoms with Crippen LogP contribution < -0.4 is 10.6 Å². The lowest BCUT2D eigenvalue weighted by Gasteiger charge is -2.33. The van der Waals surface area contributed by atoms with Crippen molar-refractivity contribution in [3.8, 4) is 0 Å². The van der Waals surface area contributed by atoms with E-state index in [-0.39, 0.29) is 24.0 Å². The Labute approximate surface area is 204 Å². The molecule has 1 aliphatic rings. The molecule has 3 rings (SSSR count). The van der Waals surface area contributed by atoms with Crippen LogP contribution in [0.3, 0.4) is 0 Å². The van der Waals surface area contributed by atoms with Gasteiger partial charge < -0.3 is 10.6 Å². The van der Waals surface area contributed by atoms with Gasteiger partial charge in [0.2, 0.25) is 0 Å². The number of hydrogen-bond acceptors (Lipinski definition) is 4. The SMILES string of the molecule is CCNC(=NCc1ncc(C)s1)NC1CCN(Cc2ccc(Cl)c(Cl)c2)CC1.I. The summed E-state index contributed by atoms with van der Waals surface area (Å²) in [5, 5.41) is 9.21. The number of guanidine groups is 1. The third-order valence-electron chi connectivity index (χ3n) is 4.70. The predicted molar refractivity (Wildman–Crippen MR) is 135 cm³/mol. The maximum absolute atomic E-state index is 6.13. The highest BCUT2D eigenvalue weighted by Gasteiger charge is 2.20. The zero-order valence-corrected chi connectivity index (χ0v) is 21.4. The normalized spacial score (nSPS) is 15.8. The van der Waals surface area contributed by atoms with Crippen LogP contribution in [0.2, 0.25) is 10.0 Å². The molecule has 160 valence electrons. The number of likely N-dealkylation sites (tertiary alicyclic amines) is 1. The van der Waals surface area contributed by atoms with E-state index in [0.717, 1.165) is 50.0 Å². The summed E-state index contributed by atoms with van der Waals surface area (Å²) >= 11 is 13.8. The minimum Gasteiger partial charge on any atom is -0.357 e. The van der Waals surface area contributed by atoms with Crippen LogP contribution in [-0.2, 0) is 13.1 Å². The van der Waals surface area contributed by atoms with Crippen molar-refractivity contribution >= 4 is 64.5 Å². The van der Waals surface area contributed by atoms with Gasteiger partial charge in [-0.3, -0.25) is 4.90 Å². The summed E-state index contributed by atoms with van der Waals surface area (Å²) in [7, 11) is 0. The van der Waals surface area contributed by atoms with Crippen LogP contribution in [0.25, 0.3) is 0 Å². The van der Waals surface area contributed by atoms with Crippen LogP contribution in [-0.4, -0.2) is 41.5 Å². The Morgan fingerprint density at radius 2 is 2.03 bits per heavy atom. The Morgan fingerprint density at radius 1 is 1.28 bits per heavy atom. The summed E-state index contributed by atoms with van der Waals surface area (Å²) in [6.07, 6.45) is 4.07. The highest BCUT2D eigenvalue weighted by molar-refractivity contribution is 14.0. The largest absolute Gasteiger partial charge is 0.357 e. The third kappa shape index (κ3) is 7.86. The molecule has 1 aromatic heterocycles. The van der Waals surface area contributed by atoms with Crippen LogP contribution in [0.1, 0.15) is 35.2 Å². The van der Waals surface area contributed by atoms with Crippen LogP contribution in [0.4, 0.5) is 0 Å². The summed E-state index contributed by atoms with van der Waals surface area (Å²) in [6, 6.07) is 6.32. The Kier molecular flexibility index (Phi) is 10.5. The van der Waals surface area contributed by atoms with Gasteiger partial charge in [0.05, 0.1) is 16.6 Å². The first kappa shape index (κ1) is 24.7. The second-order valence-electron chi connectivity index (χ2n) is 7.00. The fraction of sp³-hybridized carbons (Fsp3) is 0.500. The van der Waals surface area contributed by atoms with Gasteiger partial charge in [-0.2, -0.15) is 0 Å². The van der Waals surface area contributed by atoms with Gasteiger partial charge >= 0.3 is 0 Å². The molecule has 1 fully saturated rings. The number of benzene rings is 1. The summed E-state index contributed by atoms with van der Waals surface area (Å²) in [6.45, 7) is 8.61. The van der Waals surface area contributed by atoms with E-state index in [0.29, 0.717) is 22.6 Å². The van der Waals surface area contributed by atoms with Crippen molar-refractivity contribution in [3.63, 3.8) is 0 Å². The van der Waals surface area contributed by atoms with E-state index < -0.39 is 0 Å². The second kappa shape index (κ2) is 12.3. The summed E-state index contributed by atoms with van der Waals surface area (Å²) in [4.78, 5) is 12.8. The Hall–Kier alpha value is -0.610. The number of thiazole rings is 1. The molecule has 5 nitrogen and oxygen atoms in total. The zero-order valence-electron chi connectivity index (χ0n) is 16.8. The molecular formula is C20H28Cl2IN5S. The Balaban J connectivity index is 0.00000300. The van der Waals surface area contributed by atoms with Gasteiger partial charge in [0, 0.05) is 43.3 Å². The predicted octanol–water partition coefficient (Wildman–Crippen LogP) is 5.10. The second-order valence-corrected chi connectivity index (χ2v) is 9.14. The molecule has 1 aromatic carbocycles. The minimum absolute atomic E-state index is 0. The number of nitrogens with one attached hydrogen (secondary N) is 2. The minimum atomic E-state index is 0. The van der Waals surface area contributed by atoms with Crippen LogP contribution in [0, 0.1) is 6.92 Å². The molecule has 0 atom stereocenters. The van der Waals surface area contributed by atoms with Crippen molar-refractivity contribution in [2.75, 3.05) is 19.6 Å². The van der Waals surface area contributed by atoms with Gasteiger partial charge in [0.1, 0.15) is 5.01 Å². The number of rotatable bonds is 6. The molecule has 0 radical (unpaired) electrons. The van der Waals surface area contributed by atoms with Crippen molar-refractivity contribution in [2.45, 2.75) is 45.8 Å². The molecule has 2 heterocycles. The van der Waals surface area contributed by atoms with Crippen molar-refractivity contribution in [1.82, 2.24) is 20.5 Å². The van der Waals surface area contributed by atoms with Crippen LogP contribution in [0.15, 0.2) is 29.4 Å².